The highest BCUT2D eigenvalue weighted by Gasteiger charge is 2.16. The third-order valence-electron chi connectivity index (χ3n) is 4.16. The van der Waals surface area contributed by atoms with Crippen LogP contribution in [0.4, 0.5) is 4.39 Å². The fourth-order valence-electron chi connectivity index (χ4n) is 2.81. The van der Waals surface area contributed by atoms with Crippen LogP contribution in [-0.2, 0) is 0 Å². The van der Waals surface area contributed by atoms with Crippen molar-refractivity contribution in [1.29, 1.82) is 5.26 Å². The monoisotopic (exact) mass is 362 g/mol. The summed E-state index contributed by atoms with van der Waals surface area (Å²) >= 11 is 0. The van der Waals surface area contributed by atoms with E-state index in [0.29, 0.717) is 12.2 Å². The third kappa shape index (κ3) is 4.69. The SMILES string of the molecule is CC(O)CC(Oc1ccc(-c2ccc(F)c(C#N)c2)cc1)c1cccnc1. The van der Waals surface area contributed by atoms with Crippen LogP contribution in [0, 0.1) is 17.1 Å². The van der Waals surface area contributed by atoms with Gasteiger partial charge in [0.25, 0.3) is 0 Å². The summed E-state index contributed by atoms with van der Waals surface area (Å²) < 4.78 is 19.5. The van der Waals surface area contributed by atoms with Crippen LogP contribution in [0.1, 0.15) is 30.6 Å². The van der Waals surface area contributed by atoms with Gasteiger partial charge in [-0.25, -0.2) is 4.39 Å². The van der Waals surface area contributed by atoms with Gasteiger partial charge in [0.05, 0.1) is 11.7 Å². The first-order chi connectivity index (χ1) is 13.1. The van der Waals surface area contributed by atoms with Gasteiger partial charge in [-0.15, -0.1) is 0 Å². The van der Waals surface area contributed by atoms with Crippen molar-refractivity contribution in [1.82, 2.24) is 4.98 Å². The van der Waals surface area contributed by atoms with E-state index in [4.69, 9.17) is 10.00 Å². The lowest BCUT2D eigenvalue weighted by Gasteiger charge is -2.21. The fourth-order valence-corrected chi connectivity index (χ4v) is 2.81. The molecule has 0 saturated heterocycles. The highest BCUT2D eigenvalue weighted by Crippen LogP contribution is 2.28. The van der Waals surface area contributed by atoms with E-state index >= 15 is 0 Å². The average molecular weight is 362 g/mol. The Balaban J connectivity index is 1.81. The zero-order valence-corrected chi connectivity index (χ0v) is 14.8. The molecule has 3 aromatic rings. The van der Waals surface area contributed by atoms with Crippen LogP contribution >= 0.6 is 0 Å². The molecule has 2 atom stereocenters. The van der Waals surface area contributed by atoms with Gasteiger partial charge < -0.3 is 9.84 Å². The molecule has 0 amide bonds. The molecule has 1 heterocycles. The lowest BCUT2D eigenvalue weighted by Crippen LogP contribution is -2.14. The quantitative estimate of drug-likeness (QED) is 0.693. The molecule has 4 nitrogen and oxygen atoms in total. The van der Waals surface area contributed by atoms with E-state index in [1.165, 1.54) is 12.1 Å². The Morgan fingerprint density at radius 2 is 1.89 bits per heavy atom. The second kappa shape index (κ2) is 8.43. The van der Waals surface area contributed by atoms with E-state index in [0.717, 1.165) is 16.7 Å². The maximum atomic E-state index is 13.5. The van der Waals surface area contributed by atoms with Crippen molar-refractivity contribution in [2.75, 3.05) is 0 Å². The molecule has 0 fully saturated rings. The number of aliphatic hydroxyl groups excluding tert-OH is 1. The van der Waals surface area contributed by atoms with Crippen LogP contribution in [0.5, 0.6) is 5.75 Å². The zero-order chi connectivity index (χ0) is 19.2. The summed E-state index contributed by atoms with van der Waals surface area (Å²) in [6, 6.07) is 17.4. The maximum absolute atomic E-state index is 13.5. The van der Waals surface area contributed by atoms with Crippen molar-refractivity contribution in [3.63, 3.8) is 0 Å². The molecule has 1 aromatic heterocycles. The number of hydrogen-bond acceptors (Lipinski definition) is 4. The van der Waals surface area contributed by atoms with Crippen LogP contribution in [0.25, 0.3) is 11.1 Å². The van der Waals surface area contributed by atoms with Crippen molar-refractivity contribution in [2.24, 2.45) is 0 Å². The number of benzene rings is 2. The molecular weight excluding hydrogens is 343 g/mol. The van der Waals surface area contributed by atoms with Crippen molar-refractivity contribution >= 4 is 0 Å². The number of aromatic nitrogens is 1. The van der Waals surface area contributed by atoms with Crippen LogP contribution in [0.15, 0.2) is 67.0 Å². The zero-order valence-electron chi connectivity index (χ0n) is 14.8. The van der Waals surface area contributed by atoms with E-state index in [2.05, 4.69) is 4.98 Å². The highest BCUT2D eigenvalue weighted by molar-refractivity contribution is 5.66. The third-order valence-corrected chi connectivity index (χ3v) is 4.16. The molecular formula is C22H19FN2O2. The Hall–Kier alpha value is -3.23. The number of nitriles is 1. The van der Waals surface area contributed by atoms with Gasteiger partial charge in [0.1, 0.15) is 23.7 Å². The summed E-state index contributed by atoms with van der Waals surface area (Å²) in [5, 5.41) is 18.7. The summed E-state index contributed by atoms with van der Waals surface area (Å²) in [6.45, 7) is 1.72. The molecule has 136 valence electrons. The summed E-state index contributed by atoms with van der Waals surface area (Å²) in [7, 11) is 0. The maximum Gasteiger partial charge on any atom is 0.140 e. The number of aliphatic hydroxyl groups is 1. The number of ether oxygens (including phenoxy) is 1. The fraction of sp³-hybridized carbons (Fsp3) is 0.182. The first-order valence-electron chi connectivity index (χ1n) is 8.61. The first-order valence-corrected chi connectivity index (χ1v) is 8.61. The van der Waals surface area contributed by atoms with Crippen molar-refractivity contribution < 1.29 is 14.2 Å². The minimum Gasteiger partial charge on any atom is -0.486 e. The molecule has 1 N–H and O–H groups in total. The first kappa shape index (κ1) is 18.6. The Bertz CT molecular complexity index is 935. The van der Waals surface area contributed by atoms with Gasteiger partial charge in [0, 0.05) is 24.4 Å². The van der Waals surface area contributed by atoms with Gasteiger partial charge in [0.2, 0.25) is 0 Å². The normalized spacial score (nSPS) is 12.8. The van der Waals surface area contributed by atoms with E-state index in [9.17, 15) is 9.50 Å². The molecule has 3 rings (SSSR count). The second-order valence-electron chi connectivity index (χ2n) is 6.31. The van der Waals surface area contributed by atoms with Crippen molar-refractivity contribution in [3.8, 4) is 22.9 Å². The van der Waals surface area contributed by atoms with Gasteiger partial charge in [-0.2, -0.15) is 5.26 Å². The number of nitrogens with zero attached hydrogens (tertiary/aromatic N) is 2. The predicted octanol–water partition coefficient (Wildman–Crippen LogP) is 4.65. The van der Waals surface area contributed by atoms with Gasteiger partial charge in [0.15, 0.2) is 0 Å². The highest BCUT2D eigenvalue weighted by atomic mass is 19.1. The van der Waals surface area contributed by atoms with Crippen molar-refractivity contribution in [3.05, 3.63) is 83.9 Å². The van der Waals surface area contributed by atoms with Gasteiger partial charge >= 0.3 is 0 Å². The minimum absolute atomic E-state index is 0.0152. The van der Waals surface area contributed by atoms with E-state index < -0.39 is 11.9 Å². The minimum atomic E-state index is -0.529. The Kier molecular flexibility index (Phi) is 5.80. The van der Waals surface area contributed by atoms with Crippen LogP contribution in [0.2, 0.25) is 0 Å². The molecule has 0 radical (unpaired) electrons. The number of hydrogen-bond donors (Lipinski definition) is 1. The Labute approximate surface area is 157 Å². The lowest BCUT2D eigenvalue weighted by atomic mass is 10.0. The molecule has 27 heavy (non-hydrogen) atoms. The molecule has 0 bridgehead atoms. The standard InChI is InChI=1S/C22H19FN2O2/c1-15(26)11-22(18-3-2-10-25-14-18)27-20-7-4-16(5-8-20)17-6-9-21(23)19(12-17)13-24/h2-10,12,14-15,22,26H,11H2,1H3. The summed E-state index contributed by atoms with van der Waals surface area (Å²) in [4.78, 5) is 4.11. The molecule has 2 unspecified atom stereocenters. The second-order valence-corrected chi connectivity index (χ2v) is 6.31. The summed E-state index contributed by atoms with van der Waals surface area (Å²) in [6.07, 6.45) is 3.02. The summed E-state index contributed by atoms with van der Waals surface area (Å²) in [5.74, 6) is 0.120. The van der Waals surface area contributed by atoms with Gasteiger partial charge in [-0.05, 0) is 48.4 Å². The molecule has 0 spiro atoms. The van der Waals surface area contributed by atoms with Crippen LogP contribution < -0.4 is 4.74 Å². The lowest BCUT2D eigenvalue weighted by molar-refractivity contribution is 0.106. The summed E-state index contributed by atoms with van der Waals surface area (Å²) in [5.41, 5.74) is 2.51. The van der Waals surface area contributed by atoms with Crippen LogP contribution in [0.3, 0.4) is 0 Å². The number of halogens is 1. The largest absolute Gasteiger partial charge is 0.486 e. The molecule has 2 aromatic carbocycles. The van der Waals surface area contributed by atoms with E-state index in [-0.39, 0.29) is 11.7 Å². The van der Waals surface area contributed by atoms with E-state index in [1.807, 2.05) is 42.5 Å². The average Bonchev–Trinajstić information content (AvgIpc) is 2.69. The smallest absolute Gasteiger partial charge is 0.140 e. The molecule has 5 heteroatoms. The van der Waals surface area contributed by atoms with Gasteiger partial charge in [-0.1, -0.05) is 24.3 Å². The molecule has 0 aliphatic rings. The number of pyridine rings is 1. The molecule has 0 aliphatic carbocycles. The van der Waals surface area contributed by atoms with Crippen molar-refractivity contribution in [2.45, 2.75) is 25.6 Å². The number of rotatable bonds is 6. The predicted molar refractivity (Wildman–Crippen MR) is 100 cm³/mol. The topological polar surface area (TPSA) is 66.1 Å². The Morgan fingerprint density at radius 1 is 1.15 bits per heavy atom. The van der Waals surface area contributed by atoms with Gasteiger partial charge in [-0.3, -0.25) is 4.98 Å². The van der Waals surface area contributed by atoms with Crippen LogP contribution in [-0.4, -0.2) is 16.2 Å². The molecule has 0 saturated carbocycles. The van der Waals surface area contributed by atoms with E-state index in [1.54, 1.807) is 25.4 Å². The Morgan fingerprint density at radius 3 is 2.52 bits per heavy atom. The molecule has 0 aliphatic heterocycles.